The Kier molecular flexibility index (Phi) is 5.04. The fourth-order valence-corrected chi connectivity index (χ4v) is 2.07. The van der Waals surface area contributed by atoms with Gasteiger partial charge in [-0.3, -0.25) is 0 Å². The normalized spacial score (nSPS) is 10.8. The van der Waals surface area contributed by atoms with Gasteiger partial charge in [-0.1, -0.05) is 17.7 Å². The van der Waals surface area contributed by atoms with Crippen LogP contribution < -0.4 is 5.32 Å². The van der Waals surface area contributed by atoms with E-state index in [4.69, 9.17) is 11.6 Å². The lowest BCUT2D eigenvalue weighted by Gasteiger charge is -2.06. The third kappa shape index (κ3) is 4.25. The van der Waals surface area contributed by atoms with E-state index in [1.54, 1.807) is 12.1 Å². The molecule has 2 aromatic rings. The molecule has 0 aromatic heterocycles. The first-order valence-electron chi connectivity index (χ1n) is 6.14. The van der Waals surface area contributed by atoms with Crippen LogP contribution in [0.5, 0.6) is 0 Å². The minimum absolute atomic E-state index is 0.0801. The average Bonchev–Trinajstić information content (AvgIpc) is 2.38. The first-order chi connectivity index (χ1) is 9.54. The molecule has 0 atom stereocenters. The van der Waals surface area contributed by atoms with Gasteiger partial charge in [-0.2, -0.15) is 0 Å². The van der Waals surface area contributed by atoms with Gasteiger partial charge in [-0.25, -0.2) is 13.2 Å². The minimum Gasteiger partial charge on any atom is -0.312 e. The largest absolute Gasteiger partial charge is 0.312 e. The van der Waals surface area contributed by atoms with Crippen LogP contribution in [-0.4, -0.2) is 6.54 Å². The molecule has 106 valence electrons. The molecule has 0 aliphatic heterocycles. The number of nitrogens with one attached hydrogen (secondary N) is 1. The molecule has 0 radical (unpaired) electrons. The Balaban J connectivity index is 1.82. The van der Waals surface area contributed by atoms with Crippen molar-refractivity contribution in [2.75, 3.05) is 6.54 Å². The molecule has 0 fully saturated rings. The lowest BCUT2D eigenvalue weighted by molar-refractivity contribution is 0.577. The first kappa shape index (κ1) is 14.9. The minimum atomic E-state index is -0.578. The maximum Gasteiger partial charge on any atom is 0.141 e. The quantitative estimate of drug-likeness (QED) is 0.820. The summed E-state index contributed by atoms with van der Waals surface area (Å²) in [5, 5.41) is 3.19. The average molecular weight is 300 g/mol. The highest BCUT2D eigenvalue weighted by Gasteiger charge is 2.02. The predicted molar refractivity (Wildman–Crippen MR) is 73.2 cm³/mol. The predicted octanol–water partition coefficient (Wildman–Crippen LogP) is 4.09. The van der Waals surface area contributed by atoms with E-state index >= 15 is 0 Å². The summed E-state index contributed by atoms with van der Waals surface area (Å²) in [6.07, 6.45) is 0.504. The van der Waals surface area contributed by atoms with Gasteiger partial charge in [-0.15, -0.1) is 0 Å². The zero-order chi connectivity index (χ0) is 14.5. The maximum atomic E-state index is 13.0. The van der Waals surface area contributed by atoms with Crippen molar-refractivity contribution in [3.8, 4) is 0 Å². The fourth-order valence-electron chi connectivity index (χ4n) is 1.87. The second kappa shape index (κ2) is 6.77. The number of hydrogen-bond donors (Lipinski definition) is 1. The van der Waals surface area contributed by atoms with Crippen molar-refractivity contribution in [2.24, 2.45) is 0 Å². The fraction of sp³-hybridized carbons (Fsp3) is 0.200. The van der Waals surface area contributed by atoms with Gasteiger partial charge in [0.15, 0.2) is 0 Å². The topological polar surface area (TPSA) is 12.0 Å². The van der Waals surface area contributed by atoms with Crippen LogP contribution in [0.2, 0.25) is 5.02 Å². The number of rotatable bonds is 5. The molecule has 5 heteroatoms. The van der Waals surface area contributed by atoms with Crippen LogP contribution in [0.4, 0.5) is 13.2 Å². The molecule has 2 rings (SSSR count). The summed E-state index contributed by atoms with van der Waals surface area (Å²) in [5.74, 6) is -1.61. The second-order valence-electron chi connectivity index (χ2n) is 4.45. The Morgan fingerprint density at radius 2 is 1.60 bits per heavy atom. The third-order valence-corrected chi connectivity index (χ3v) is 3.12. The second-order valence-corrected chi connectivity index (χ2v) is 4.86. The highest BCUT2D eigenvalue weighted by Crippen LogP contribution is 2.15. The van der Waals surface area contributed by atoms with Gasteiger partial charge in [0.05, 0.1) is 5.02 Å². The molecule has 0 aliphatic carbocycles. The number of halogens is 4. The zero-order valence-corrected chi connectivity index (χ0v) is 11.4. The van der Waals surface area contributed by atoms with E-state index in [1.165, 1.54) is 18.2 Å². The monoisotopic (exact) mass is 299 g/mol. The molecule has 0 aliphatic rings. The van der Waals surface area contributed by atoms with Gasteiger partial charge >= 0.3 is 0 Å². The summed E-state index contributed by atoms with van der Waals surface area (Å²) in [6, 6.07) is 7.94. The first-order valence-corrected chi connectivity index (χ1v) is 6.52. The van der Waals surface area contributed by atoms with Crippen LogP contribution in [0.3, 0.4) is 0 Å². The Hall–Kier alpha value is -1.52. The van der Waals surface area contributed by atoms with Gasteiger partial charge < -0.3 is 5.32 Å². The van der Waals surface area contributed by atoms with E-state index in [0.717, 1.165) is 11.6 Å². The summed E-state index contributed by atoms with van der Waals surface area (Å²) >= 11 is 5.67. The molecule has 0 amide bonds. The van der Waals surface area contributed by atoms with Crippen molar-refractivity contribution < 1.29 is 13.2 Å². The van der Waals surface area contributed by atoms with Crippen LogP contribution >= 0.6 is 11.6 Å². The molecular formula is C15H13ClF3N. The highest BCUT2D eigenvalue weighted by atomic mass is 35.5. The molecule has 0 spiro atoms. The van der Waals surface area contributed by atoms with Crippen LogP contribution in [0.15, 0.2) is 36.4 Å². The Bertz CT molecular complexity index is 581. The summed E-state index contributed by atoms with van der Waals surface area (Å²) in [6.45, 7) is 1.07. The molecule has 2 aromatic carbocycles. The van der Waals surface area contributed by atoms with E-state index in [9.17, 15) is 13.2 Å². The molecule has 0 saturated carbocycles. The van der Waals surface area contributed by atoms with E-state index < -0.39 is 17.5 Å². The van der Waals surface area contributed by atoms with Crippen LogP contribution in [0.25, 0.3) is 0 Å². The molecule has 20 heavy (non-hydrogen) atoms. The van der Waals surface area contributed by atoms with E-state index in [1.807, 2.05) is 0 Å². The van der Waals surface area contributed by atoms with Crippen molar-refractivity contribution in [3.63, 3.8) is 0 Å². The van der Waals surface area contributed by atoms with Crippen molar-refractivity contribution in [2.45, 2.75) is 13.0 Å². The molecular weight excluding hydrogens is 287 g/mol. The van der Waals surface area contributed by atoms with E-state index in [2.05, 4.69) is 5.32 Å². The Labute approximate surface area is 120 Å². The number of benzene rings is 2. The van der Waals surface area contributed by atoms with E-state index in [-0.39, 0.29) is 5.02 Å². The van der Waals surface area contributed by atoms with Gasteiger partial charge in [-0.05, 0) is 48.4 Å². The Morgan fingerprint density at radius 3 is 2.25 bits per heavy atom. The van der Waals surface area contributed by atoms with Gasteiger partial charge in [0.2, 0.25) is 0 Å². The highest BCUT2D eigenvalue weighted by molar-refractivity contribution is 6.30. The van der Waals surface area contributed by atoms with Crippen molar-refractivity contribution in [3.05, 3.63) is 70.0 Å². The molecule has 1 nitrogen and oxygen atoms in total. The number of hydrogen-bond acceptors (Lipinski definition) is 1. The molecule has 0 unspecified atom stereocenters. The summed E-state index contributed by atoms with van der Waals surface area (Å²) in [4.78, 5) is 0. The van der Waals surface area contributed by atoms with Crippen molar-refractivity contribution in [1.82, 2.24) is 5.32 Å². The van der Waals surface area contributed by atoms with Crippen LogP contribution in [0, 0.1) is 17.5 Å². The summed E-state index contributed by atoms with van der Waals surface area (Å²) < 4.78 is 38.9. The van der Waals surface area contributed by atoms with Crippen molar-refractivity contribution in [1.29, 1.82) is 0 Å². The molecule has 0 bridgehead atoms. The van der Waals surface area contributed by atoms with Crippen LogP contribution in [-0.2, 0) is 13.0 Å². The smallest absolute Gasteiger partial charge is 0.141 e. The SMILES string of the molecule is Fc1cc(F)cc(CCNCc2ccc(F)c(Cl)c2)c1. The zero-order valence-electron chi connectivity index (χ0n) is 10.6. The van der Waals surface area contributed by atoms with Crippen molar-refractivity contribution >= 4 is 11.6 Å². The van der Waals surface area contributed by atoms with Crippen LogP contribution in [0.1, 0.15) is 11.1 Å². The van der Waals surface area contributed by atoms with E-state index in [0.29, 0.717) is 25.1 Å². The lowest BCUT2D eigenvalue weighted by Crippen LogP contribution is -2.16. The molecule has 0 heterocycles. The molecule has 1 N–H and O–H groups in total. The van der Waals surface area contributed by atoms with Gasteiger partial charge in [0, 0.05) is 12.6 Å². The summed E-state index contributed by atoms with van der Waals surface area (Å²) in [5.41, 5.74) is 1.44. The maximum absolute atomic E-state index is 13.0. The Morgan fingerprint density at radius 1 is 0.900 bits per heavy atom. The molecule has 0 saturated heterocycles. The third-order valence-electron chi connectivity index (χ3n) is 2.83. The lowest BCUT2D eigenvalue weighted by atomic mass is 10.1. The van der Waals surface area contributed by atoms with Gasteiger partial charge in [0.1, 0.15) is 17.5 Å². The summed E-state index contributed by atoms with van der Waals surface area (Å²) in [7, 11) is 0. The van der Waals surface area contributed by atoms with Gasteiger partial charge in [0.25, 0.3) is 0 Å². The standard InChI is InChI=1S/C15H13ClF3N/c16-14-7-11(1-2-15(14)19)9-20-4-3-10-5-12(17)8-13(18)6-10/h1-2,5-8,20H,3-4,9H2.